The van der Waals surface area contributed by atoms with Crippen LogP contribution in [0.5, 0.6) is 0 Å². The monoisotopic (exact) mass is 201 g/mol. The lowest BCUT2D eigenvalue weighted by Gasteiger charge is -2.46. The molecule has 0 bridgehead atoms. The molecule has 1 saturated carbocycles. The van der Waals surface area contributed by atoms with E-state index in [1.54, 1.807) is 0 Å². The van der Waals surface area contributed by atoms with E-state index < -0.39 is 0 Å². The highest BCUT2D eigenvalue weighted by atomic mass is 14.8. The normalized spacial score (nSPS) is 34.3. The van der Waals surface area contributed by atoms with E-state index in [9.17, 15) is 0 Å². The third kappa shape index (κ3) is 1.33. The van der Waals surface area contributed by atoms with Crippen LogP contribution in [-0.2, 0) is 12.0 Å². The molecule has 1 fully saturated rings. The molecule has 80 valence electrons. The minimum atomic E-state index is 0.00704. The Hall–Kier alpha value is -0.820. The van der Waals surface area contributed by atoms with E-state index in [1.807, 2.05) is 0 Å². The minimum absolute atomic E-state index is 0.00704. The number of benzene rings is 1. The summed E-state index contributed by atoms with van der Waals surface area (Å²) in [5.41, 5.74) is 9.63. The van der Waals surface area contributed by atoms with Gasteiger partial charge in [0.15, 0.2) is 0 Å². The van der Waals surface area contributed by atoms with Gasteiger partial charge < -0.3 is 5.73 Å². The fraction of sp³-hybridized carbons (Fsp3) is 0.571. The largest absolute Gasteiger partial charge is 0.321 e. The molecule has 1 aromatic carbocycles. The maximum absolute atomic E-state index is 6.68. The first kappa shape index (κ1) is 9.41. The Balaban J connectivity index is 2.09. The molecular formula is C14H19N. The Morgan fingerprint density at radius 1 is 1.13 bits per heavy atom. The molecule has 2 N–H and O–H groups in total. The smallest absolute Gasteiger partial charge is 0.0441 e. The van der Waals surface area contributed by atoms with Gasteiger partial charge in [-0.25, -0.2) is 0 Å². The summed E-state index contributed by atoms with van der Waals surface area (Å²) in [4.78, 5) is 0. The van der Waals surface area contributed by atoms with E-state index in [0.717, 1.165) is 5.92 Å². The van der Waals surface area contributed by atoms with Crippen molar-refractivity contribution in [1.29, 1.82) is 0 Å². The van der Waals surface area contributed by atoms with Crippen molar-refractivity contribution in [2.24, 2.45) is 11.7 Å². The molecule has 2 aliphatic rings. The Kier molecular flexibility index (Phi) is 2.10. The number of hydrogen-bond donors (Lipinski definition) is 1. The zero-order valence-corrected chi connectivity index (χ0v) is 9.21. The fourth-order valence-electron chi connectivity index (χ4n) is 3.55. The molecule has 0 spiro atoms. The van der Waals surface area contributed by atoms with Crippen molar-refractivity contribution in [3.05, 3.63) is 35.4 Å². The van der Waals surface area contributed by atoms with Gasteiger partial charge in [0, 0.05) is 5.54 Å². The van der Waals surface area contributed by atoms with Crippen LogP contribution in [0.15, 0.2) is 24.3 Å². The van der Waals surface area contributed by atoms with Gasteiger partial charge in [0.25, 0.3) is 0 Å². The Morgan fingerprint density at radius 2 is 2.00 bits per heavy atom. The van der Waals surface area contributed by atoms with Crippen LogP contribution >= 0.6 is 0 Å². The molecule has 1 nitrogen and oxygen atoms in total. The summed E-state index contributed by atoms with van der Waals surface area (Å²) in [5, 5.41) is 0. The third-order valence-electron chi connectivity index (χ3n) is 4.40. The van der Waals surface area contributed by atoms with Gasteiger partial charge in [-0.2, -0.15) is 0 Å². The van der Waals surface area contributed by atoms with Crippen molar-refractivity contribution < 1.29 is 0 Å². The molecule has 3 rings (SSSR count). The van der Waals surface area contributed by atoms with Crippen LogP contribution < -0.4 is 5.73 Å². The van der Waals surface area contributed by atoms with E-state index >= 15 is 0 Å². The summed E-state index contributed by atoms with van der Waals surface area (Å²) in [5.74, 6) is 0.737. The van der Waals surface area contributed by atoms with Gasteiger partial charge in [-0.15, -0.1) is 0 Å². The molecular weight excluding hydrogens is 182 g/mol. The van der Waals surface area contributed by atoms with Gasteiger partial charge in [-0.1, -0.05) is 37.1 Å². The van der Waals surface area contributed by atoms with Crippen LogP contribution in [-0.4, -0.2) is 0 Å². The van der Waals surface area contributed by atoms with Crippen LogP contribution in [0.3, 0.4) is 0 Å². The van der Waals surface area contributed by atoms with Gasteiger partial charge in [0.05, 0.1) is 0 Å². The van der Waals surface area contributed by atoms with Gasteiger partial charge in [0.2, 0.25) is 0 Å². The molecule has 1 aromatic rings. The van der Waals surface area contributed by atoms with Crippen molar-refractivity contribution in [2.45, 2.75) is 44.1 Å². The van der Waals surface area contributed by atoms with Crippen LogP contribution in [0.2, 0.25) is 0 Å². The van der Waals surface area contributed by atoms with Gasteiger partial charge in [0.1, 0.15) is 0 Å². The lowest BCUT2D eigenvalue weighted by molar-refractivity contribution is 0.165. The molecule has 2 atom stereocenters. The Morgan fingerprint density at radius 3 is 2.93 bits per heavy atom. The molecule has 0 heterocycles. The van der Waals surface area contributed by atoms with Crippen molar-refractivity contribution in [3.63, 3.8) is 0 Å². The van der Waals surface area contributed by atoms with E-state index in [-0.39, 0.29) is 5.54 Å². The van der Waals surface area contributed by atoms with E-state index in [1.165, 1.54) is 49.7 Å². The highest BCUT2D eigenvalue weighted by molar-refractivity contribution is 5.37. The topological polar surface area (TPSA) is 26.0 Å². The molecule has 0 aromatic heterocycles. The Bertz CT molecular complexity index is 371. The molecule has 1 heteroatoms. The summed E-state index contributed by atoms with van der Waals surface area (Å²) in [6.07, 6.45) is 7.75. The molecule has 15 heavy (non-hydrogen) atoms. The summed E-state index contributed by atoms with van der Waals surface area (Å²) in [6.45, 7) is 0. The number of nitrogens with two attached hydrogens (primary N) is 1. The highest BCUT2D eigenvalue weighted by Gasteiger charge is 2.41. The molecule has 2 aliphatic carbocycles. The number of aryl methyl sites for hydroxylation is 1. The average molecular weight is 201 g/mol. The van der Waals surface area contributed by atoms with Gasteiger partial charge >= 0.3 is 0 Å². The van der Waals surface area contributed by atoms with Gasteiger partial charge in [-0.05, 0) is 42.7 Å². The second-order valence-corrected chi connectivity index (χ2v) is 5.18. The zero-order chi connectivity index (χ0) is 10.3. The van der Waals surface area contributed by atoms with E-state index in [0.29, 0.717) is 0 Å². The highest BCUT2D eigenvalue weighted by Crippen LogP contribution is 2.46. The number of rotatable bonds is 0. The first-order valence-corrected chi connectivity index (χ1v) is 6.18. The van der Waals surface area contributed by atoms with Crippen molar-refractivity contribution in [3.8, 4) is 0 Å². The minimum Gasteiger partial charge on any atom is -0.321 e. The van der Waals surface area contributed by atoms with E-state index in [2.05, 4.69) is 24.3 Å². The SMILES string of the molecule is N[C@@]12CCCC[C@@H]1CCc1ccccc12. The van der Waals surface area contributed by atoms with E-state index in [4.69, 9.17) is 5.73 Å². The molecule has 0 unspecified atom stereocenters. The first-order chi connectivity index (χ1) is 7.31. The summed E-state index contributed by atoms with van der Waals surface area (Å²) in [7, 11) is 0. The van der Waals surface area contributed by atoms with Crippen LogP contribution in [0.4, 0.5) is 0 Å². The van der Waals surface area contributed by atoms with Crippen LogP contribution in [0, 0.1) is 5.92 Å². The first-order valence-electron chi connectivity index (χ1n) is 6.18. The summed E-state index contributed by atoms with van der Waals surface area (Å²) >= 11 is 0. The third-order valence-corrected chi connectivity index (χ3v) is 4.40. The lowest BCUT2D eigenvalue weighted by atomic mass is 9.63. The molecule has 0 saturated heterocycles. The summed E-state index contributed by atoms with van der Waals surface area (Å²) < 4.78 is 0. The second kappa shape index (κ2) is 3.34. The predicted octanol–water partition coefficient (Wildman–Crippen LogP) is 2.98. The van der Waals surface area contributed by atoms with Crippen molar-refractivity contribution in [2.75, 3.05) is 0 Å². The number of fused-ring (bicyclic) bond motifs is 3. The van der Waals surface area contributed by atoms with Crippen LogP contribution in [0.1, 0.15) is 43.2 Å². The average Bonchev–Trinajstić information content (AvgIpc) is 2.29. The standard InChI is InChI=1S/C14H19N/c15-14-10-4-3-6-12(14)9-8-11-5-1-2-7-13(11)14/h1-2,5,7,12H,3-4,6,8-10,15H2/t12-,14+/m1/s1. The zero-order valence-electron chi connectivity index (χ0n) is 9.21. The predicted molar refractivity (Wildman–Crippen MR) is 62.6 cm³/mol. The van der Waals surface area contributed by atoms with Crippen molar-refractivity contribution >= 4 is 0 Å². The maximum atomic E-state index is 6.68. The fourth-order valence-corrected chi connectivity index (χ4v) is 3.55. The Labute approximate surface area is 91.7 Å². The molecule has 0 amide bonds. The lowest BCUT2D eigenvalue weighted by Crippen LogP contribution is -2.49. The number of hydrogen-bond acceptors (Lipinski definition) is 1. The maximum Gasteiger partial charge on any atom is 0.0441 e. The molecule has 0 aliphatic heterocycles. The van der Waals surface area contributed by atoms with Crippen LogP contribution in [0.25, 0.3) is 0 Å². The second-order valence-electron chi connectivity index (χ2n) is 5.18. The summed E-state index contributed by atoms with van der Waals surface area (Å²) in [6, 6.07) is 8.80. The van der Waals surface area contributed by atoms with Gasteiger partial charge in [-0.3, -0.25) is 0 Å². The van der Waals surface area contributed by atoms with Crippen molar-refractivity contribution in [1.82, 2.24) is 0 Å². The molecule has 0 radical (unpaired) electrons. The quantitative estimate of drug-likeness (QED) is 0.686.